The average Bonchev–Trinajstić information content (AvgIpc) is 2.65. The van der Waals surface area contributed by atoms with E-state index in [9.17, 15) is 10.2 Å². The van der Waals surface area contributed by atoms with E-state index < -0.39 is 0 Å². The number of benzene rings is 2. The van der Waals surface area contributed by atoms with Crippen LogP contribution in [0, 0.1) is 0 Å². The molecular formula is C20H23NO4. The summed E-state index contributed by atoms with van der Waals surface area (Å²) in [6, 6.07) is 8.11. The molecule has 2 N–H and O–H groups in total. The lowest BCUT2D eigenvalue weighted by atomic mass is 9.83. The van der Waals surface area contributed by atoms with Crippen molar-refractivity contribution < 1.29 is 19.7 Å². The number of hydrogen-bond donors (Lipinski definition) is 2. The second kappa shape index (κ2) is 6.24. The van der Waals surface area contributed by atoms with E-state index in [0.717, 1.165) is 37.4 Å². The Bertz CT molecular complexity index is 818. The monoisotopic (exact) mass is 341 g/mol. The number of aliphatic hydroxyl groups excluding tert-OH is 1. The van der Waals surface area contributed by atoms with E-state index in [2.05, 4.69) is 11.0 Å². The van der Waals surface area contributed by atoms with Crippen molar-refractivity contribution in [1.29, 1.82) is 0 Å². The fourth-order valence-electron chi connectivity index (χ4n) is 4.21. The van der Waals surface area contributed by atoms with Crippen LogP contribution in [0.25, 0.3) is 0 Å². The first kappa shape index (κ1) is 16.2. The van der Waals surface area contributed by atoms with Gasteiger partial charge < -0.3 is 19.7 Å². The highest BCUT2D eigenvalue weighted by Crippen LogP contribution is 2.44. The number of aromatic hydroxyl groups is 1. The van der Waals surface area contributed by atoms with E-state index in [0.29, 0.717) is 5.56 Å². The molecular weight excluding hydrogens is 318 g/mol. The zero-order valence-electron chi connectivity index (χ0n) is 14.6. The molecule has 0 bridgehead atoms. The van der Waals surface area contributed by atoms with Crippen LogP contribution in [0.4, 0.5) is 0 Å². The highest BCUT2D eigenvalue weighted by atomic mass is 16.5. The molecule has 4 rings (SSSR count). The maximum absolute atomic E-state index is 10.2. The van der Waals surface area contributed by atoms with Crippen molar-refractivity contribution in [1.82, 2.24) is 4.90 Å². The molecule has 25 heavy (non-hydrogen) atoms. The van der Waals surface area contributed by atoms with Gasteiger partial charge >= 0.3 is 0 Å². The van der Waals surface area contributed by atoms with Gasteiger partial charge in [0.25, 0.3) is 0 Å². The van der Waals surface area contributed by atoms with Crippen molar-refractivity contribution in [2.75, 3.05) is 20.8 Å². The number of aliphatic hydroxyl groups is 1. The molecule has 0 saturated carbocycles. The van der Waals surface area contributed by atoms with Gasteiger partial charge in [0.1, 0.15) is 5.75 Å². The minimum absolute atomic E-state index is 0.132. The molecule has 0 spiro atoms. The Labute approximate surface area is 147 Å². The smallest absolute Gasteiger partial charge is 0.165 e. The maximum atomic E-state index is 10.2. The Morgan fingerprint density at radius 2 is 2.00 bits per heavy atom. The molecule has 2 aromatic carbocycles. The number of ether oxygens (including phenoxy) is 2. The fraction of sp³-hybridized carbons (Fsp3) is 0.400. The topological polar surface area (TPSA) is 62.2 Å². The van der Waals surface area contributed by atoms with Crippen molar-refractivity contribution in [3.05, 3.63) is 52.1 Å². The van der Waals surface area contributed by atoms with Crippen LogP contribution in [-0.4, -0.2) is 35.9 Å². The lowest BCUT2D eigenvalue weighted by Crippen LogP contribution is -2.39. The molecule has 2 heterocycles. The highest BCUT2D eigenvalue weighted by Gasteiger charge is 2.34. The van der Waals surface area contributed by atoms with Gasteiger partial charge in [-0.15, -0.1) is 0 Å². The van der Waals surface area contributed by atoms with Crippen LogP contribution in [0.5, 0.6) is 17.2 Å². The molecule has 5 nitrogen and oxygen atoms in total. The molecule has 0 aliphatic carbocycles. The Balaban J connectivity index is 1.76. The summed E-state index contributed by atoms with van der Waals surface area (Å²) < 4.78 is 11.0. The SMILES string of the molecule is COc1ccc2c(c1OC)CN1CCc3cc(CO)c(O)cc3[C@H]1C2. The first-order chi connectivity index (χ1) is 12.2. The highest BCUT2D eigenvalue weighted by molar-refractivity contribution is 5.53. The van der Waals surface area contributed by atoms with Gasteiger partial charge in [0, 0.05) is 30.3 Å². The molecule has 5 heteroatoms. The summed E-state index contributed by atoms with van der Waals surface area (Å²) in [7, 11) is 3.35. The molecule has 2 aliphatic rings. The molecule has 0 radical (unpaired) electrons. The van der Waals surface area contributed by atoms with Crippen molar-refractivity contribution in [3.8, 4) is 17.2 Å². The first-order valence-electron chi connectivity index (χ1n) is 8.58. The van der Waals surface area contributed by atoms with Crippen molar-refractivity contribution in [3.63, 3.8) is 0 Å². The summed E-state index contributed by atoms with van der Waals surface area (Å²) >= 11 is 0. The molecule has 0 unspecified atom stereocenters. The van der Waals surface area contributed by atoms with Crippen LogP contribution >= 0.6 is 0 Å². The van der Waals surface area contributed by atoms with E-state index in [1.54, 1.807) is 14.2 Å². The third-order valence-corrected chi connectivity index (χ3v) is 5.50. The number of phenols is 1. The van der Waals surface area contributed by atoms with E-state index >= 15 is 0 Å². The van der Waals surface area contributed by atoms with Gasteiger partial charge in [0.05, 0.1) is 20.8 Å². The summed E-state index contributed by atoms with van der Waals surface area (Å²) in [5.41, 5.74) is 5.46. The normalized spacial score (nSPS) is 18.9. The average molecular weight is 341 g/mol. The second-order valence-electron chi connectivity index (χ2n) is 6.72. The molecule has 2 aromatic rings. The molecule has 0 amide bonds. The summed E-state index contributed by atoms with van der Waals surface area (Å²) in [5, 5.41) is 19.6. The van der Waals surface area contributed by atoms with Crippen molar-refractivity contribution in [2.24, 2.45) is 0 Å². The van der Waals surface area contributed by atoms with Gasteiger partial charge in [-0.05, 0) is 47.7 Å². The molecule has 132 valence electrons. The van der Waals surface area contributed by atoms with Crippen LogP contribution in [0.15, 0.2) is 24.3 Å². The third kappa shape index (κ3) is 2.55. The van der Waals surface area contributed by atoms with Crippen molar-refractivity contribution in [2.45, 2.75) is 32.0 Å². The third-order valence-electron chi connectivity index (χ3n) is 5.50. The zero-order valence-corrected chi connectivity index (χ0v) is 14.6. The van der Waals surface area contributed by atoms with E-state index in [4.69, 9.17) is 9.47 Å². The molecule has 1 atom stereocenters. The van der Waals surface area contributed by atoms with Crippen LogP contribution < -0.4 is 9.47 Å². The predicted molar refractivity (Wildman–Crippen MR) is 94.1 cm³/mol. The number of methoxy groups -OCH3 is 2. The summed E-state index contributed by atoms with van der Waals surface area (Å²) in [5.74, 6) is 1.77. The van der Waals surface area contributed by atoms with Crippen LogP contribution in [0.2, 0.25) is 0 Å². The van der Waals surface area contributed by atoms with E-state index in [1.807, 2.05) is 18.2 Å². The predicted octanol–water partition coefficient (Wildman–Crippen LogP) is 2.56. The maximum Gasteiger partial charge on any atom is 0.165 e. The number of fused-ring (bicyclic) bond motifs is 4. The van der Waals surface area contributed by atoms with E-state index in [-0.39, 0.29) is 18.4 Å². The van der Waals surface area contributed by atoms with Gasteiger partial charge in [-0.3, -0.25) is 4.90 Å². The van der Waals surface area contributed by atoms with Gasteiger partial charge in [-0.25, -0.2) is 0 Å². The van der Waals surface area contributed by atoms with E-state index in [1.165, 1.54) is 22.3 Å². The molecule has 0 saturated heterocycles. The number of hydrogen-bond acceptors (Lipinski definition) is 5. The van der Waals surface area contributed by atoms with Crippen LogP contribution in [-0.2, 0) is 26.0 Å². The van der Waals surface area contributed by atoms with Crippen LogP contribution in [0.3, 0.4) is 0 Å². The fourth-order valence-corrected chi connectivity index (χ4v) is 4.21. The van der Waals surface area contributed by atoms with Crippen LogP contribution in [0.1, 0.15) is 33.9 Å². The minimum atomic E-state index is -0.132. The Hall–Kier alpha value is -2.24. The lowest BCUT2D eigenvalue weighted by molar-refractivity contribution is 0.157. The summed E-state index contributed by atoms with van der Waals surface area (Å²) in [6.07, 6.45) is 1.79. The quantitative estimate of drug-likeness (QED) is 0.898. The molecule has 0 aromatic heterocycles. The second-order valence-corrected chi connectivity index (χ2v) is 6.72. The van der Waals surface area contributed by atoms with Gasteiger partial charge in [0.2, 0.25) is 0 Å². The lowest BCUT2D eigenvalue weighted by Gasteiger charge is -2.42. The minimum Gasteiger partial charge on any atom is -0.508 e. The van der Waals surface area contributed by atoms with Gasteiger partial charge in [0.15, 0.2) is 11.5 Å². The zero-order chi connectivity index (χ0) is 17.6. The largest absolute Gasteiger partial charge is 0.508 e. The standard InChI is InChI=1S/C20H23NO4/c1-24-19-4-3-12-8-17-15-9-18(23)14(11-22)7-13(15)5-6-21(17)10-16(12)20(19)25-2/h3-4,7,9,17,22-23H,5-6,8,10-11H2,1-2H3/t17-/m1/s1. The summed E-state index contributed by atoms with van der Waals surface area (Å²) in [4.78, 5) is 2.44. The first-order valence-corrected chi connectivity index (χ1v) is 8.58. The van der Waals surface area contributed by atoms with Gasteiger partial charge in [-0.1, -0.05) is 6.07 Å². The Kier molecular flexibility index (Phi) is 4.06. The number of nitrogens with zero attached hydrogens (tertiary/aromatic N) is 1. The molecule has 0 fully saturated rings. The molecule has 2 aliphatic heterocycles. The van der Waals surface area contributed by atoms with Gasteiger partial charge in [-0.2, -0.15) is 0 Å². The Morgan fingerprint density at radius 1 is 1.16 bits per heavy atom. The number of rotatable bonds is 3. The Morgan fingerprint density at radius 3 is 2.72 bits per heavy atom. The van der Waals surface area contributed by atoms with Crippen molar-refractivity contribution >= 4 is 0 Å². The summed E-state index contributed by atoms with van der Waals surface area (Å²) in [6.45, 7) is 1.63.